The Labute approximate surface area is 168 Å². The van der Waals surface area contributed by atoms with E-state index in [1.165, 1.54) is 5.56 Å². The Morgan fingerprint density at radius 1 is 1.11 bits per heavy atom. The normalized spacial score (nSPS) is 12.1. The first-order chi connectivity index (χ1) is 12.8. The van der Waals surface area contributed by atoms with Crippen molar-refractivity contribution < 1.29 is 4.79 Å². The van der Waals surface area contributed by atoms with Crippen molar-refractivity contribution >= 4 is 23.1 Å². The standard InChI is InChI=1S/C24H30ClNO/c1-7-12-26-24(27)17(5)16(4)22-13-21(25)14-23(18(22)6)20-10-8-19(9-11-20)15(2)3/h8-11,13-15H,7,12H2,1-6H3,(H,26,27)/b17-16+. The summed E-state index contributed by atoms with van der Waals surface area (Å²) in [5.41, 5.74) is 7.42. The molecule has 1 N–H and O–H groups in total. The van der Waals surface area contributed by atoms with Crippen LogP contribution in [0.25, 0.3) is 16.7 Å². The Kier molecular flexibility index (Phi) is 7.26. The molecule has 0 aliphatic carbocycles. The second kappa shape index (κ2) is 9.23. The average molecular weight is 384 g/mol. The highest BCUT2D eigenvalue weighted by molar-refractivity contribution is 6.31. The van der Waals surface area contributed by atoms with Gasteiger partial charge in [0.2, 0.25) is 5.91 Å². The van der Waals surface area contributed by atoms with E-state index in [4.69, 9.17) is 11.6 Å². The van der Waals surface area contributed by atoms with Gasteiger partial charge in [-0.05, 0) is 78.6 Å². The van der Waals surface area contributed by atoms with Crippen LogP contribution in [0.4, 0.5) is 0 Å². The fraction of sp³-hybridized carbons (Fsp3) is 0.375. The quantitative estimate of drug-likeness (QED) is 0.548. The van der Waals surface area contributed by atoms with Crippen molar-refractivity contribution in [3.63, 3.8) is 0 Å². The zero-order valence-electron chi connectivity index (χ0n) is 17.2. The van der Waals surface area contributed by atoms with Crippen molar-refractivity contribution in [2.75, 3.05) is 6.54 Å². The largest absolute Gasteiger partial charge is 0.352 e. The van der Waals surface area contributed by atoms with Gasteiger partial charge in [0.25, 0.3) is 0 Å². The lowest BCUT2D eigenvalue weighted by molar-refractivity contribution is -0.117. The molecule has 0 radical (unpaired) electrons. The lowest BCUT2D eigenvalue weighted by Crippen LogP contribution is -2.25. The van der Waals surface area contributed by atoms with Crippen LogP contribution in [-0.4, -0.2) is 12.5 Å². The molecule has 27 heavy (non-hydrogen) atoms. The van der Waals surface area contributed by atoms with Crippen molar-refractivity contribution in [2.45, 2.75) is 53.9 Å². The number of nitrogens with one attached hydrogen (secondary N) is 1. The summed E-state index contributed by atoms with van der Waals surface area (Å²) >= 11 is 6.44. The third-order valence-electron chi connectivity index (χ3n) is 5.10. The van der Waals surface area contributed by atoms with Gasteiger partial charge in [-0.25, -0.2) is 0 Å². The lowest BCUT2D eigenvalue weighted by atomic mass is 9.90. The predicted molar refractivity (Wildman–Crippen MR) is 117 cm³/mol. The van der Waals surface area contributed by atoms with Crippen LogP contribution in [0.5, 0.6) is 0 Å². The summed E-state index contributed by atoms with van der Waals surface area (Å²) in [6.45, 7) is 13.1. The first-order valence-corrected chi connectivity index (χ1v) is 10.0. The fourth-order valence-corrected chi connectivity index (χ4v) is 3.38. The molecule has 2 nitrogen and oxygen atoms in total. The average Bonchev–Trinajstić information content (AvgIpc) is 2.66. The van der Waals surface area contributed by atoms with Crippen molar-refractivity contribution in [1.82, 2.24) is 5.32 Å². The Morgan fingerprint density at radius 3 is 2.30 bits per heavy atom. The highest BCUT2D eigenvalue weighted by Gasteiger charge is 2.14. The van der Waals surface area contributed by atoms with E-state index < -0.39 is 0 Å². The minimum Gasteiger partial charge on any atom is -0.352 e. The van der Waals surface area contributed by atoms with Gasteiger partial charge in [-0.3, -0.25) is 4.79 Å². The number of carbonyl (C=O) groups excluding carboxylic acids is 1. The zero-order chi connectivity index (χ0) is 20.1. The van der Waals surface area contributed by atoms with Gasteiger partial charge in [-0.2, -0.15) is 0 Å². The Hall–Kier alpha value is -2.06. The Bertz CT molecular complexity index is 847. The van der Waals surface area contributed by atoms with Crippen molar-refractivity contribution in [1.29, 1.82) is 0 Å². The van der Waals surface area contributed by atoms with Gasteiger partial charge >= 0.3 is 0 Å². The van der Waals surface area contributed by atoms with Crippen LogP contribution < -0.4 is 5.32 Å². The van der Waals surface area contributed by atoms with Gasteiger partial charge in [-0.15, -0.1) is 0 Å². The number of hydrogen-bond acceptors (Lipinski definition) is 1. The highest BCUT2D eigenvalue weighted by Crippen LogP contribution is 2.34. The second-order valence-electron chi connectivity index (χ2n) is 7.41. The van der Waals surface area contributed by atoms with Gasteiger partial charge in [0.15, 0.2) is 0 Å². The molecule has 0 atom stereocenters. The van der Waals surface area contributed by atoms with Crippen LogP contribution in [0.15, 0.2) is 42.0 Å². The maximum atomic E-state index is 12.4. The number of benzene rings is 2. The zero-order valence-corrected chi connectivity index (χ0v) is 18.0. The third-order valence-corrected chi connectivity index (χ3v) is 5.32. The van der Waals surface area contributed by atoms with Gasteiger partial charge in [-0.1, -0.05) is 56.6 Å². The molecule has 144 valence electrons. The van der Waals surface area contributed by atoms with E-state index in [0.717, 1.165) is 39.8 Å². The van der Waals surface area contributed by atoms with Gasteiger partial charge in [0.1, 0.15) is 0 Å². The van der Waals surface area contributed by atoms with E-state index in [2.05, 4.69) is 50.4 Å². The predicted octanol–water partition coefficient (Wildman–Crippen LogP) is 6.76. The molecule has 2 rings (SSSR count). The van der Waals surface area contributed by atoms with E-state index in [1.54, 1.807) is 0 Å². The molecule has 0 spiro atoms. The van der Waals surface area contributed by atoms with Crippen molar-refractivity contribution in [2.24, 2.45) is 0 Å². The fourth-order valence-electron chi connectivity index (χ4n) is 3.16. The first-order valence-electron chi connectivity index (χ1n) is 9.62. The number of hydrogen-bond donors (Lipinski definition) is 1. The van der Waals surface area contributed by atoms with Crippen LogP contribution >= 0.6 is 11.6 Å². The van der Waals surface area contributed by atoms with E-state index in [-0.39, 0.29) is 5.91 Å². The van der Waals surface area contributed by atoms with E-state index in [1.807, 2.05) is 32.9 Å². The number of carbonyl (C=O) groups is 1. The molecule has 0 saturated heterocycles. The van der Waals surface area contributed by atoms with E-state index in [0.29, 0.717) is 17.5 Å². The van der Waals surface area contributed by atoms with Crippen LogP contribution in [0.1, 0.15) is 63.6 Å². The van der Waals surface area contributed by atoms with Crippen LogP contribution in [-0.2, 0) is 4.79 Å². The third kappa shape index (κ3) is 5.01. The van der Waals surface area contributed by atoms with Crippen LogP contribution in [0.2, 0.25) is 5.02 Å². The SMILES string of the molecule is CCCNC(=O)/C(C)=C(\C)c1cc(Cl)cc(-c2ccc(C(C)C)cc2)c1C. The number of amides is 1. The molecular weight excluding hydrogens is 354 g/mol. The van der Waals surface area contributed by atoms with Gasteiger partial charge in [0.05, 0.1) is 0 Å². The summed E-state index contributed by atoms with van der Waals surface area (Å²) in [6.07, 6.45) is 0.921. The smallest absolute Gasteiger partial charge is 0.247 e. The first kappa shape index (κ1) is 21.2. The van der Waals surface area contributed by atoms with E-state index >= 15 is 0 Å². The van der Waals surface area contributed by atoms with Crippen molar-refractivity contribution in [3.8, 4) is 11.1 Å². The number of halogens is 1. The summed E-state index contributed by atoms with van der Waals surface area (Å²) in [4.78, 5) is 12.4. The molecule has 0 fully saturated rings. The van der Waals surface area contributed by atoms with Gasteiger partial charge < -0.3 is 5.32 Å². The Balaban J connectivity index is 2.50. The second-order valence-corrected chi connectivity index (χ2v) is 7.84. The Morgan fingerprint density at radius 2 is 1.74 bits per heavy atom. The number of rotatable bonds is 6. The highest BCUT2D eigenvalue weighted by atomic mass is 35.5. The van der Waals surface area contributed by atoms with Gasteiger partial charge in [0, 0.05) is 17.1 Å². The summed E-state index contributed by atoms with van der Waals surface area (Å²) < 4.78 is 0. The minimum absolute atomic E-state index is 0.0171. The number of allylic oxidation sites excluding steroid dienone is 1. The molecule has 0 bridgehead atoms. The van der Waals surface area contributed by atoms with Crippen LogP contribution in [0, 0.1) is 6.92 Å². The molecule has 1 amide bonds. The summed E-state index contributed by atoms with van der Waals surface area (Å²) in [5, 5.41) is 3.63. The molecular formula is C24H30ClNO. The monoisotopic (exact) mass is 383 g/mol. The summed E-state index contributed by atoms with van der Waals surface area (Å²) in [5.74, 6) is 0.487. The molecule has 2 aromatic carbocycles. The lowest BCUT2D eigenvalue weighted by Gasteiger charge is -2.16. The minimum atomic E-state index is -0.0171. The maximum Gasteiger partial charge on any atom is 0.247 e. The van der Waals surface area contributed by atoms with Crippen molar-refractivity contribution in [3.05, 3.63) is 63.7 Å². The molecule has 0 unspecified atom stereocenters. The molecule has 0 heterocycles. The molecule has 0 saturated carbocycles. The topological polar surface area (TPSA) is 29.1 Å². The molecule has 2 aromatic rings. The molecule has 0 aliphatic rings. The van der Waals surface area contributed by atoms with E-state index in [9.17, 15) is 4.79 Å². The summed E-state index contributed by atoms with van der Waals surface area (Å²) in [7, 11) is 0. The van der Waals surface area contributed by atoms with Crippen LogP contribution in [0.3, 0.4) is 0 Å². The summed E-state index contributed by atoms with van der Waals surface area (Å²) in [6, 6.07) is 12.6. The molecule has 0 aliphatic heterocycles. The molecule has 3 heteroatoms. The maximum absolute atomic E-state index is 12.4. The molecule has 0 aromatic heterocycles.